The third-order valence-electron chi connectivity index (χ3n) is 2.85. The van der Waals surface area contributed by atoms with Gasteiger partial charge in [-0.25, -0.2) is 5.43 Å². The number of carbonyl (C=O) groups is 1. The van der Waals surface area contributed by atoms with Crippen molar-refractivity contribution in [3.63, 3.8) is 0 Å². The summed E-state index contributed by atoms with van der Waals surface area (Å²) in [6.45, 7) is 3.90. The molecule has 0 atom stereocenters. The van der Waals surface area contributed by atoms with Gasteiger partial charge in [0.25, 0.3) is 5.91 Å². The SMILES string of the molecule is COc1ccccc1/C=C1\C(=O)NNC1(C)C. The van der Waals surface area contributed by atoms with Crippen LogP contribution < -0.4 is 15.6 Å². The summed E-state index contributed by atoms with van der Waals surface area (Å²) in [6, 6.07) is 7.62. The highest BCUT2D eigenvalue weighted by molar-refractivity contribution is 6.02. The van der Waals surface area contributed by atoms with Crippen molar-refractivity contribution in [3.05, 3.63) is 35.4 Å². The number of hydrogen-bond donors (Lipinski definition) is 2. The van der Waals surface area contributed by atoms with Gasteiger partial charge in [-0.05, 0) is 26.0 Å². The Bertz CT molecular complexity index is 478. The van der Waals surface area contributed by atoms with Crippen LogP contribution in [0, 0.1) is 0 Å². The van der Waals surface area contributed by atoms with Crippen LogP contribution in [-0.2, 0) is 4.79 Å². The molecule has 2 rings (SSSR count). The van der Waals surface area contributed by atoms with E-state index in [9.17, 15) is 4.79 Å². The van der Waals surface area contributed by atoms with Crippen LogP contribution in [0.2, 0.25) is 0 Å². The molecule has 1 heterocycles. The zero-order valence-corrected chi connectivity index (χ0v) is 10.2. The first kappa shape index (κ1) is 11.7. The fourth-order valence-electron chi connectivity index (χ4n) is 1.82. The summed E-state index contributed by atoms with van der Waals surface area (Å²) in [6.07, 6.45) is 1.86. The van der Waals surface area contributed by atoms with Gasteiger partial charge in [-0.2, -0.15) is 0 Å². The first-order valence-corrected chi connectivity index (χ1v) is 5.47. The molecule has 1 aliphatic rings. The van der Waals surface area contributed by atoms with E-state index in [2.05, 4.69) is 10.9 Å². The fraction of sp³-hybridized carbons (Fsp3) is 0.308. The Morgan fingerprint density at radius 1 is 1.29 bits per heavy atom. The van der Waals surface area contributed by atoms with E-state index in [4.69, 9.17) is 4.74 Å². The molecule has 4 nitrogen and oxygen atoms in total. The molecule has 1 aliphatic heterocycles. The van der Waals surface area contributed by atoms with E-state index in [0.717, 1.165) is 11.3 Å². The molecule has 1 fully saturated rings. The van der Waals surface area contributed by atoms with E-state index in [1.54, 1.807) is 7.11 Å². The average molecular weight is 232 g/mol. The van der Waals surface area contributed by atoms with Gasteiger partial charge in [0.05, 0.1) is 12.6 Å². The number of ether oxygens (including phenoxy) is 1. The number of hydrazine groups is 1. The summed E-state index contributed by atoms with van der Waals surface area (Å²) in [5.74, 6) is 0.663. The zero-order valence-electron chi connectivity index (χ0n) is 10.2. The number of benzene rings is 1. The lowest BCUT2D eigenvalue weighted by Gasteiger charge is -2.17. The molecule has 0 unspecified atom stereocenters. The lowest BCUT2D eigenvalue weighted by atomic mass is 9.94. The summed E-state index contributed by atoms with van der Waals surface area (Å²) in [5, 5.41) is 0. The lowest BCUT2D eigenvalue weighted by Crippen LogP contribution is -2.38. The number of para-hydroxylation sites is 1. The molecule has 0 spiro atoms. The maximum Gasteiger partial charge on any atom is 0.263 e. The number of methoxy groups -OCH3 is 1. The number of rotatable bonds is 2. The largest absolute Gasteiger partial charge is 0.496 e. The van der Waals surface area contributed by atoms with Gasteiger partial charge in [-0.3, -0.25) is 10.2 Å². The molecule has 0 saturated carbocycles. The highest BCUT2D eigenvalue weighted by Gasteiger charge is 2.35. The van der Waals surface area contributed by atoms with Crippen molar-refractivity contribution in [1.82, 2.24) is 10.9 Å². The molecular formula is C13H16N2O2. The molecule has 90 valence electrons. The van der Waals surface area contributed by atoms with E-state index in [0.29, 0.717) is 5.57 Å². The van der Waals surface area contributed by atoms with Crippen LogP contribution in [0.25, 0.3) is 6.08 Å². The summed E-state index contributed by atoms with van der Waals surface area (Å²) in [5.41, 5.74) is 6.78. The van der Waals surface area contributed by atoms with Crippen molar-refractivity contribution in [3.8, 4) is 5.75 Å². The topological polar surface area (TPSA) is 50.4 Å². The van der Waals surface area contributed by atoms with Crippen molar-refractivity contribution in [2.24, 2.45) is 0 Å². The monoisotopic (exact) mass is 232 g/mol. The van der Waals surface area contributed by atoms with Crippen LogP contribution >= 0.6 is 0 Å². The molecule has 17 heavy (non-hydrogen) atoms. The minimum atomic E-state index is -0.377. The number of amides is 1. The lowest BCUT2D eigenvalue weighted by molar-refractivity contribution is -0.116. The summed E-state index contributed by atoms with van der Waals surface area (Å²) >= 11 is 0. The maximum atomic E-state index is 11.7. The Balaban J connectivity index is 2.45. The highest BCUT2D eigenvalue weighted by Crippen LogP contribution is 2.26. The minimum Gasteiger partial charge on any atom is -0.496 e. The highest BCUT2D eigenvalue weighted by atomic mass is 16.5. The van der Waals surface area contributed by atoms with Gasteiger partial charge in [0.15, 0.2) is 0 Å². The first-order valence-electron chi connectivity index (χ1n) is 5.47. The molecule has 4 heteroatoms. The van der Waals surface area contributed by atoms with Gasteiger partial charge in [0, 0.05) is 11.1 Å². The van der Waals surface area contributed by atoms with Crippen molar-refractivity contribution in [1.29, 1.82) is 0 Å². The van der Waals surface area contributed by atoms with Crippen LogP contribution in [0.5, 0.6) is 5.75 Å². The second-order valence-electron chi connectivity index (χ2n) is 4.50. The Hall–Kier alpha value is -1.81. The summed E-state index contributed by atoms with van der Waals surface area (Å²) < 4.78 is 5.26. The van der Waals surface area contributed by atoms with E-state index in [-0.39, 0.29) is 11.4 Å². The Kier molecular flexibility index (Phi) is 2.90. The molecule has 2 N–H and O–H groups in total. The van der Waals surface area contributed by atoms with Gasteiger partial charge in [0.1, 0.15) is 5.75 Å². The zero-order chi connectivity index (χ0) is 12.5. The number of hydrogen-bond acceptors (Lipinski definition) is 3. The van der Waals surface area contributed by atoms with E-state index < -0.39 is 0 Å². The predicted molar refractivity (Wildman–Crippen MR) is 66.3 cm³/mol. The molecule has 0 aliphatic carbocycles. The molecule has 0 radical (unpaired) electrons. The maximum absolute atomic E-state index is 11.7. The number of carbonyl (C=O) groups excluding carboxylic acids is 1. The van der Waals surface area contributed by atoms with Crippen molar-refractivity contribution >= 4 is 12.0 Å². The van der Waals surface area contributed by atoms with Crippen LogP contribution in [0.4, 0.5) is 0 Å². The predicted octanol–water partition coefficient (Wildman–Crippen LogP) is 1.49. The van der Waals surface area contributed by atoms with Crippen molar-refractivity contribution in [2.45, 2.75) is 19.4 Å². The molecule has 1 amide bonds. The van der Waals surface area contributed by atoms with Crippen LogP contribution in [0.3, 0.4) is 0 Å². The quantitative estimate of drug-likeness (QED) is 0.760. The average Bonchev–Trinajstić information content (AvgIpc) is 2.57. The third kappa shape index (κ3) is 2.17. The van der Waals surface area contributed by atoms with Gasteiger partial charge in [0.2, 0.25) is 0 Å². The van der Waals surface area contributed by atoms with Crippen molar-refractivity contribution in [2.75, 3.05) is 7.11 Å². The molecule has 0 aromatic heterocycles. The van der Waals surface area contributed by atoms with E-state index in [1.165, 1.54) is 0 Å². The standard InChI is InChI=1S/C13H16N2O2/c1-13(2)10(12(16)14-15-13)8-9-6-4-5-7-11(9)17-3/h4-8,15H,1-3H3,(H,14,16)/b10-8+. The normalized spacial score (nSPS) is 20.4. The van der Waals surface area contributed by atoms with Gasteiger partial charge < -0.3 is 4.74 Å². The van der Waals surface area contributed by atoms with Crippen LogP contribution in [0.1, 0.15) is 19.4 Å². The third-order valence-corrected chi connectivity index (χ3v) is 2.85. The van der Waals surface area contributed by atoms with Crippen LogP contribution in [-0.4, -0.2) is 18.6 Å². The smallest absolute Gasteiger partial charge is 0.263 e. The van der Waals surface area contributed by atoms with E-state index in [1.807, 2.05) is 44.2 Å². The second-order valence-corrected chi connectivity index (χ2v) is 4.50. The molecule has 1 aromatic carbocycles. The summed E-state index contributed by atoms with van der Waals surface area (Å²) in [4.78, 5) is 11.7. The fourth-order valence-corrected chi connectivity index (χ4v) is 1.82. The van der Waals surface area contributed by atoms with Gasteiger partial charge >= 0.3 is 0 Å². The second kappa shape index (κ2) is 4.22. The van der Waals surface area contributed by atoms with Gasteiger partial charge in [-0.15, -0.1) is 0 Å². The molecule has 1 aromatic rings. The Morgan fingerprint density at radius 3 is 2.59 bits per heavy atom. The van der Waals surface area contributed by atoms with E-state index >= 15 is 0 Å². The molecular weight excluding hydrogens is 216 g/mol. The van der Waals surface area contributed by atoms with Crippen LogP contribution in [0.15, 0.2) is 29.8 Å². The minimum absolute atomic E-state index is 0.0964. The Labute approximate surface area is 101 Å². The number of nitrogens with one attached hydrogen (secondary N) is 2. The first-order chi connectivity index (χ1) is 8.04. The van der Waals surface area contributed by atoms with Gasteiger partial charge in [-0.1, -0.05) is 18.2 Å². The Morgan fingerprint density at radius 2 is 2.00 bits per heavy atom. The van der Waals surface area contributed by atoms with Crippen molar-refractivity contribution < 1.29 is 9.53 Å². The molecule has 0 bridgehead atoms. The summed E-state index contributed by atoms with van der Waals surface area (Å²) in [7, 11) is 1.62. The molecule has 1 saturated heterocycles.